The second kappa shape index (κ2) is 7.85. The molecule has 19 heavy (non-hydrogen) atoms. The number of ether oxygens (including phenoxy) is 1. The zero-order valence-corrected chi connectivity index (χ0v) is 12.7. The quantitative estimate of drug-likeness (QED) is 0.674. The maximum Gasteiger partial charge on any atom is 0.220 e. The van der Waals surface area contributed by atoms with Gasteiger partial charge in [-0.15, -0.1) is 0 Å². The summed E-state index contributed by atoms with van der Waals surface area (Å²) in [6, 6.07) is 0. The van der Waals surface area contributed by atoms with E-state index in [4.69, 9.17) is 10.5 Å². The molecule has 1 aliphatic carbocycles. The molecule has 4 nitrogen and oxygen atoms in total. The molecule has 0 aromatic carbocycles. The van der Waals surface area contributed by atoms with Gasteiger partial charge >= 0.3 is 0 Å². The first-order valence-electron chi connectivity index (χ1n) is 7.67. The van der Waals surface area contributed by atoms with Gasteiger partial charge in [0.1, 0.15) is 0 Å². The van der Waals surface area contributed by atoms with E-state index in [2.05, 4.69) is 19.2 Å². The molecule has 0 aliphatic heterocycles. The van der Waals surface area contributed by atoms with Crippen molar-refractivity contribution in [2.24, 2.45) is 17.1 Å². The summed E-state index contributed by atoms with van der Waals surface area (Å²) in [5.41, 5.74) is 5.91. The van der Waals surface area contributed by atoms with Gasteiger partial charge in [0.2, 0.25) is 5.91 Å². The highest BCUT2D eigenvalue weighted by atomic mass is 16.5. The minimum absolute atomic E-state index is 0.0726. The van der Waals surface area contributed by atoms with E-state index in [1.165, 1.54) is 0 Å². The van der Waals surface area contributed by atoms with Gasteiger partial charge in [0.25, 0.3) is 0 Å². The van der Waals surface area contributed by atoms with Gasteiger partial charge in [-0.25, -0.2) is 0 Å². The van der Waals surface area contributed by atoms with Crippen LogP contribution < -0.4 is 11.1 Å². The lowest BCUT2D eigenvalue weighted by Gasteiger charge is -2.35. The molecule has 112 valence electrons. The van der Waals surface area contributed by atoms with Gasteiger partial charge in [0.15, 0.2) is 0 Å². The predicted octanol–water partition coefficient (Wildman–Crippen LogP) is 2.07. The van der Waals surface area contributed by atoms with Gasteiger partial charge in [-0.1, -0.05) is 13.8 Å². The van der Waals surface area contributed by atoms with Crippen LogP contribution in [0.15, 0.2) is 0 Å². The molecule has 0 aromatic heterocycles. The number of carbonyl (C=O) groups is 1. The molecule has 0 heterocycles. The van der Waals surface area contributed by atoms with Crippen LogP contribution in [0.1, 0.15) is 52.9 Å². The molecule has 0 atom stereocenters. The van der Waals surface area contributed by atoms with Crippen LogP contribution in [0.5, 0.6) is 0 Å². The third-order valence-corrected chi connectivity index (χ3v) is 4.66. The molecule has 1 saturated carbocycles. The smallest absolute Gasteiger partial charge is 0.220 e. The van der Waals surface area contributed by atoms with Crippen LogP contribution in [0.2, 0.25) is 0 Å². The summed E-state index contributed by atoms with van der Waals surface area (Å²) in [5.74, 6) is 0.673. The summed E-state index contributed by atoms with van der Waals surface area (Å²) >= 11 is 0. The Morgan fingerprint density at radius 1 is 1.32 bits per heavy atom. The number of amides is 1. The predicted molar refractivity (Wildman–Crippen MR) is 77.8 cm³/mol. The largest absolute Gasteiger partial charge is 0.378 e. The summed E-state index contributed by atoms with van der Waals surface area (Å²) in [4.78, 5) is 11.9. The van der Waals surface area contributed by atoms with Gasteiger partial charge in [0.05, 0.1) is 6.10 Å². The Morgan fingerprint density at radius 3 is 2.42 bits per heavy atom. The summed E-state index contributed by atoms with van der Waals surface area (Å²) in [6.07, 6.45) is 5.11. The molecular weight excluding hydrogens is 240 g/mol. The Labute approximate surface area is 117 Å². The average molecular weight is 270 g/mol. The molecule has 0 spiro atoms. The number of nitrogens with two attached hydrogens (primary N) is 1. The fourth-order valence-corrected chi connectivity index (χ4v) is 2.69. The van der Waals surface area contributed by atoms with Gasteiger partial charge in [0, 0.05) is 19.6 Å². The van der Waals surface area contributed by atoms with E-state index in [1.54, 1.807) is 0 Å². The zero-order valence-electron chi connectivity index (χ0n) is 12.7. The van der Waals surface area contributed by atoms with E-state index in [9.17, 15) is 4.79 Å². The summed E-state index contributed by atoms with van der Waals surface area (Å²) in [7, 11) is 0. The van der Waals surface area contributed by atoms with Gasteiger partial charge in [-0.05, 0) is 50.5 Å². The van der Waals surface area contributed by atoms with E-state index in [0.717, 1.165) is 32.3 Å². The molecule has 1 aliphatic rings. The SMILES string of the molecule is CCOC1CC(CC(=O)NCC(CC)(CC)CN)C1. The fourth-order valence-electron chi connectivity index (χ4n) is 2.69. The topological polar surface area (TPSA) is 64.3 Å². The number of carbonyl (C=O) groups excluding carboxylic acids is 1. The highest BCUT2D eigenvalue weighted by Gasteiger charge is 2.31. The Kier molecular flexibility index (Phi) is 6.80. The molecule has 0 bridgehead atoms. The lowest BCUT2D eigenvalue weighted by molar-refractivity contribution is -0.124. The van der Waals surface area contributed by atoms with Crippen molar-refractivity contribution >= 4 is 5.91 Å². The van der Waals surface area contributed by atoms with E-state index >= 15 is 0 Å². The van der Waals surface area contributed by atoms with Crippen LogP contribution >= 0.6 is 0 Å². The molecule has 0 unspecified atom stereocenters. The second-order valence-corrected chi connectivity index (χ2v) is 5.81. The van der Waals surface area contributed by atoms with Crippen molar-refractivity contribution in [2.45, 2.75) is 59.0 Å². The van der Waals surface area contributed by atoms with Crippen molar-refractivity contribution in [3.05, 3.63) is 0 Å². The monoisotopic (exact) mass is 270 g/mol. The third kappa shape index (κ3) is 4.77. The normalized spacial score (nSPS) is 22.9. The Bertz CT molecular complexity index is 263. The molecule has 0 radical (unpaired) electrons. The minimum atomic E-state index is 0.0726. The van der Waals surface area contributed by atoms with Crippen molar-refractivity contribution < 1.29 is 9.53 Å². The van der Waals surface area contributed by atoms with Gasteiger partial charge in [-0.2, -0.15) is 0 Å². The van der Waals surface area contributed by atoms with E-state index in [0.29, 0.717) is 31.5 Å². The van der Waals surface area contributed by atoms with Crippen LogP contribution in [0.4, 0.5) is 0 Å². The summed E-state index contributed by atoms with van der Waals surface area (Å²) in [6.45, 7) is 8.41. The number of nitrogens with one attached hydrogen (secondary N) is 1. The van der Waals surface area contributed by atoms with Crippen LogP contribution in [0.25, 0.3) is 0 Å². The molecule has 4 heteroatoms. The fraction of sp³-hybridized carbons (Fsp3) is 0.933. The van der Waals surface area contributed by atoms with Crippen molar-refractivity contribution in [3.8, 4) is 0 Å². The molecular formula is C15H30N2O2. The zero-order chi connectivity index (χ0) is 14.3. The van der Waals surface area contributed by atoms with Crippen LogP contribution in [0, 0.1) is 11.3 Å². The average Bonchev–Trinajstić information content (AvgIpc) is 2.39. The lowest BCUT2D eigenvalue weighted by Crippen LogP contribution is -2.43. The standard InChI is InChI=1S/C15H30N2O2/c1-4-15(5-2,10-16)11-17-14(18)9-12-7-13(8-12)19-6-3/h12-13H,4-11,16H2,1-3H3,(H,17,18). The van der Waals surface area contributed by atoms with E-state index in [1.807, 2.05) is 6.92 Å². The minimum Gasteiger partial charge on any atom is -0.378 e. The van der Waals surface area contributed by atoms with Crippen molar-refractivity contribution in [1.82, 2.24) is 5.32 Å². The molecule has 1 rings (SSSR count). The first-order chi connectivity index (χ1) is 9.09. The number of hydrogen-bond acceptors (Lipinski definition) is 3. The van der Waals surface area contributed by atoms with E-state index < -0.39 is 0 Å². The van der Waals surface area contributed by atoms with Crippen molar-refractivity contribution in [3.63, 3.8) is 0 Å². The van der Waals surface area contributed by atoms with Crippen molar-refractivity contribution in [2.75, 3.05) is 19.7 Å². The lowest BCUT2D eigenvalue weighted by atomic mass is 9.79. The first kappa shape index (κ1) is 16.4. The van der Waals surface area contributed by atoms with Crippen LogP contribution in [0.3, 0.4) is 0 Å². The summed E-state index contributed by atoms with van der Waals surface area (Å²) in [5, 5.41) is 3.06. The van der Waals surface area contributed by atoms with Crippen LogP contribution in [-0.4, -0.2) is 31.7 Å². The van der Waals surface area contributed by atoms with E-state index in [-0.39, 0.29) is 11.3 Å². The maximum atomic E-state index is 11.9. The second-order valence-electron chi connectivity index (χ2n) is 5.81. The van der Waals surface area contributed by atoms with Crippen LogP contribution in [-0.2, 0) is 9.53 Å². The third-order valence-electron chi connectivity index (χ3n) is 4.66. The summed E-state index contributed by atoms with van der Waals surface area (Å²) < 4.78 is 5.51. The van der Waals surface area contributed by atoms with Crippen molar-refractivity contribution in [1.29, 1.82) is 0 Å². The Morgan fingerprint density at radius 2 is 1.95 bits per heavy atom. The Balaban J connectivity index is 2.22. The molecule has 3 N–H and O–H groups in total. The Hall–Kier alpha value is -0.610. The molecule has 0 aromatic rings. The highest BCUT2D eigenvalue weighted by molar-refractivity contribution is 5.76. The first-order valence-corrected chi connectivity index (χ1v) is 7.67. The molecule has 1 fully saturated rings. The van der Waals surface area contributed by atoms with Gasteiger partial charge in [-0.3, -0.25) is 4.79 Å². The number of rotatable bonds is 9. The number of hydrogen-bond donors (Lipinski definition) is 2. The van der Waals surface area contributed by atoms with Gasteiger partial charge < -0.3 is 15.8 Å². The molecule has 1 amide bonds. The maximum absolute atomic E-state index is 11.9. The highest BCUT2D eigenvalue weighted by Crippen LogP contribution is 2.32. The molecule has 0 saturated heterocycles.